The summed E-state index contributed by atoms with van der Waals surface area (Å²) in [6, 6.07) is 7.39. The number of allylic oxidation sites excluding steroid dienone is 1. The minimum atomic E-state index is -0.541. The van der Waals surface area contributed by atoms with Crippen LogP contribution in [0.3, 0.4) is 0 Å². The smallest absolute Gasteiger partial charge is 0.167 e. The highest BCUT2D eigenvalue weighted by molar-refractivity contribution is 6.05. The number of ketones is 1. The number of hydrogen-bond acceptors (Lipinski definition) is 4. The molecule has 20 heavy (non-hydrogen) atoms. The molecule has 0 saturated carbocycles. The third kappa shape index (κ3) is 2.54. The fraction of sp³-hybridized carbons (Fsp3) is 0.312. The summed E-state index contributed by atoms with van der Waals surface area (Å²) in [5, 5.41) is 11.1. The van der Waals surface area contributed by atoms with Crippen molar-refractivity contribution in [3.05, 3.63) is 41.9 Å². The zero-order chi connectivity index (χ0) is 14.9. The second-order valence-electron chi connectivity index (χ2n) is 5.79. The molecule has 0 radical (unpaired) electrons. The Morgan fingerprint density at radius 2 is 1.80 bits per heavy atom. The third-order valence-electron chi connectivity index (χ3n) is 3.14. The third-order valence-corrected chi connectivity index (χ3v) is 3.14. The fourth-order valence-electron chi connectivity index (χ4n) is 2.04. The monoisotopic (exact) mass is 270 g/mol. The summed E-state index contributed by atoms with van der Waals surface area (Å²) in [6.07, 6.45) is 1.39. The van der Waals surface area contributed by atoms with Gasteiger partial charge in [0.2, 0.25) is 0 Å². The van der Waals surface area contributed by atoms with Crippen LogP contribution in [-0.2, 0) is 4.79 Å². The molecule has 1 aromatic heterocycles. The number of Topliss-reactive ketones (excluding diaryl/α,β-unsaturated/α-hetero) is 1. The molecular formula is C16H18N2O2. The maximum absolute atomic E-state index is 12.3. The van der Waals surface area contributed by atoms with E-state index in [2.05, 4.69) is 9.97 Å². The van der Waals surface area contributed by atoms with Gasteiger partial charge in [0.05, 0.1) is 5.52 Å². The molecule has 0 saturated heterocycles. The van der Waals surface area contributed by atoms with Crippen LogP contribution < -0.4 is 0 Å². The van der Waals surface area contributed by atoms with E-state index in [4.69, 9.17) is 0 Å². The quantitative estimate of drug-likeness (QED) is 0.669. The summed E-state index contributed by atoms with van der Waals surface area (Å²) in [6.45, 7) is 7.10. The molecule has 0 bridgehead atoms. The standard InChI is InChI=1S/C16H18N2O2/c1-10(15(20)16(2,3)4)14(19)13-11-7-5-6-8-12(11)17-9-18-13/h5-9,19H,1-4H3. The molecular weight excluding hydrogens is 252 g/mol. The average Bonchev–Trinajstić information content (AvgIpc) is 2.43. The van der Waals surface area contributed by atoms with Crippen molar-refractivity contribution in [2.75, 3.05) is 0 Å². The molecule has 104 valence electrons. The molecule has 2 aromatic rings. The first-order valence-corrected chi connectivity index (χ1v) is 6.47. The van der Waals surface area contributed by atoms with Gasteiger partial charge < -0.3 is 5.11 Å². The summed E-state index contributed by atoms with van der Waals surface area (Å²) in [5.74, 6) is -0.179. The van der Waals surface area contributed by atoms with Gasteiger partial charge in [-0.1, -0.05) is 39.0 Å². The molecule has 0 aliphatic carbocycles. The number of aliphatic hydroxyl groups is 1. The van der Waals surface area contributed by atoms with Crippen molar-refractivity contribution in [2.45, 2.75) is 27.7 Å². The van der Waals surface area contributed by atoms with Gasteiger partial charge in [-0.2, -0.15) is 0 Å². The summed E-state index contributed by atoms with van der Waals surface area (Å²) < 4.78 is 0. The molecule has 2 rings (SSSR count). The van der Waals surface area contributed by atoms with Crippen LogP contribution in [-0.4, -0.2) is 20.9 Å². The number of aliphatic hydroxyl groups excluding tert-OH is 1. The molecule has 0 spiro atoms. The van der Waals surface area contributed by atoms with Crippen LogP contribution in [0.15, 0.2) is 36.2 Å². The molecule has 1 aromatic carbocycles. The lowest BCUT2D eigenvalue weighted by Gasteiger charge is -2.18. The minimum absolute atomic E-state index is 0.0801. The number of para-hydroxylation sites is 1. The second-order valence-corrected chi connectivity index (χ2v) is 5.79. The first-order valence-electron chi connectivity index (χ1n) is 6.47. The Balaban J connectivity index is 2.62. The van der Waals surface area contributed by atoms with Crippen LogP contribution in [0.25, 0.3) is 16.7 Å². The van der Waals surface area contributed by atoms with E-state index < -0.39 is 5.41 Å². The molecule has 0 atom stereocenters. The van der Waals surface area contributed by atoms with E-state index in [1.807, 2.05) is 45.0 Å². The fourth-order valence-corrected chi connectivity index (χ4v) is 2.04. The van der Waals surface area contributed by atoms with E-state index in [0.717, 1.165) is 10.9 Å². The van der Waals surface area contributed by atoms with E-state index in [1.165, 1.54) is 6.33 Å². The Hall–Kier alpha value is -2.23. The Bertz CT molecular complexity index is 692. The molecule has 0 amide bonds. The van der Waals surface area contributed by atoms with Crippen LogP contribution in [0.2, 0.25) is 0 Å². The van der Waals surface area contributed by atoms with Crippen LogP contribution in [0, 0.1) is 5.41 Å². The summed E-state index contributed by atoms with van der Waals surface area (Å²) in [7, 11) is 0. The number of benzene rings is 1. The van der Waals surface area contributed by atoms with Gasteiger partial charge in [0.15, 0.2) is 5.78 Å². The highest BCUT2D eigenvalue weighted by Gasteiger charge is 2.26. The van der Waals surface area contributed by atoms with Crippen LogP contribution >= 0.6 is 0 Å². The highest BCUT2D eigenvalue weighted by Crippen LogP contribution is 2.27. The SMILES string of the molecule is CC(C(=O)C(C)(C)C)=C(O)c1ncnc2ccccc12. The van der Waals surface area contributed by atoms with Gasteiger partial charge in [-0.05, 0) is 13.0 Å². The molecule has 0 fully saturated rings. The van der Waals surface area contributed by atoms with Crippen molar-refractivity contribution in [3.63, 3.8) is 0 Å². The molecule has 0 aliphatic rings. The van der Waals surface area contributed by atoms with Gasteiger partial charge in [-0.15, -0.1) is 0 Å². The van der Waals surface area contributed by atoms with E-state index in [1.54, 1.807) is 6.92 Å². The first-order chi connectivity index (χ1) is 9.32. The largest absolute Gasteiger partial charge is 0.505 e. The van der Waals surface area contributed by atoms with E-state index >= 15 is 0 Å². The Morgan fingerprint density at radius 3 is 2.45 bits per heavy atom. The number of carbonyl (C=O) groups excluding carboxylic acids is 1. The van der Waals surface area contributed by atoms with Crippen molar-refractivity contribution in [2.24, 2.45) is 5.41 Å². The van der Waals surface area contributed by atoms with E-state index in [-0.39, 0.29) is 11.5 Å². The molecule has 1 N–H and O–H groups in total. The van der Waals surface area contributed by atoms with Crippen molar-refractivity contribution in [1.29, 1.82) is 0 Å². The molecule has 1 heterocycles. The maximum atomic E-state index is 12.3. The van der Waals surface area contributed by atoms with Crippen molar-refractivity contribution in [1.82, 2.24) is 9.97 Å². The van der Waals surface area contributed by atoms with Gasteiger partial charge in [0, 0.05) is 16.4 Å². The Kier molecular flexibility index (Phi) is 3.57. The number of aromatic nitrogens is 2. The normalized spacial score (nSPS) is 13.2. The van der Waals surface area contributed by atoms with Crippen molar-refractivity contribution >= 4 is 22.4 Å². The van der Waals surface area contributed by atoms with Crippen LogP contribution in [0.1, 0.15) is 33.4 Å². The van der Waals surface area contributed by atoms with E-state index in [9.17, 15) is 9.90 Å². The summed E-state index contributed by atoms with van der Waals surface area (Å²) >= 11 is 0. The molecule has 4 heteroatoms. The second kappa shape index (κ2) is 5.04. The highest BCUT2D eigenvalue weighted by atomic mass is 16.3. The lowest BCUT2D eigenvalue weighted by Crippen LogP contribution is -2.22. The Morgan fingerprint density at radius 1 is 1.15 bits per heavy atom. The number of fused-ring (bicyclic) bond motifs is 1. The van der Waals surface area contributed by atoms with Gasteiger partial charge in [0.25, 0.3) is 0 Å². The van der Waals surface area contributed by atoms with Gasteiger partial charge in [0.1, 0.15) is 17.8 Å². The van der Waals surface area contributed by atoms with Gasteiger partial charge >= 0.3 is 0 Å². The van der Waals surface area contributed by atoms with Crippen molar-refractivity contribution in [3.8, 4) is 0 Å². The predicted molar refractivity (Wildman–Crippen MR) is 79.2 cm³/mol. The first kappa shape index (κ1) is 14.2. The predicted octanol–water partition coefficient (Wildman–Crippen LogP) is 3.53. The number of carbonyl (C=O) groups is 1. The maximum Gasteiger partial charge on any atom is 0.167 e. The lowest BCUT2D eigenvalue weighted by atomic mass is 9.86. The Labute approximate surface area is 118 Å². The number of nitrogens with zero attached hydrogens (tertiary/aromatic N) is 2. The van der Waals surface area contributed by atoms with Gasteiger partial charge in [-0.3, -0.25) is 4.79 Å². The lowest BCUT2D eigenvalue weighted by molar-refractivity contribution is -0.122. The summed E-state index contributed by atoms with van der Waals surface area (Å²) in [5.41, 5.74) is 0.910. The van der Waals surface area contributed by atoms with E-state index in [0.29, 0.717) is 11.3 Å². The van der Waals surface area contributed by atoms with Crippen molar-refractivity contribution < 1.29 is 9.90 Å². The molecule has 0 unspecified atom stereocenters. The zero-order valence-electron chi connectivity index (χ0n) is 12.1. The van der Waals surface area contributed by atoms with Gasteiger partial charge in [-0.25, -0.2) is 9.97 Å². The molecule has 0 aliphatic heterocycles. The number of hydrogen-bond donors (Lipinski definition) is 1. The van der Waals surface area contributed by atoms with Crippen LogP contribution in [0.5, 0.6) is 0 Å². The number of rotatable bonds is 2. The zero-order valence-corrected chi connectivity index (χ0v) is 12.1. The van der Waals surface area contributed by atoms with Crippen LogP contribution in [0.4, 0.5) is 0 Å². The summed E-state index contributed by atoms with van der Waals surface area (Å²) in [4.78, 5) is 20.5. The average molecular weight is 270 g/mol. The molecule has 4 nitrogen and oxygen atoms in total. The minimum Gasteiger partial charge on any atom is -0.505 e. The topological polar surface area (TPSA) is 63.1 Å².